The van der Waals surface area contributed by atoms with E-state index in [1.165, 1.54) is 122 Å². The predicted molar refractivity (Wildman–Crippen MR) is 300 cm³/mol. The van der Waals surface area contributed by atoms with Crippen molar-refractivity contribution in [2.24, 2.45) is 0 Å². The van der Waals surface area contributed by atoms with Crippen LogP contribution in [0.15, 0.2) is 24.3 Å². The zero-order valence-electron chi connectivity index (χ0n) is 48.4. The van der Waals surface area contributed by atoms with Crippen molar-refractivity contribution in [3.63, 3.8) is 0 Å². The van der Waals surface area contributed by atoms with Gasteiger partial charge in [0.05, 0.1) is 38.6 Å². The van der Waals surface area contributed by atoms with Gasteiger partial charge in [0.2, 0.25) is 5.91 Å². The van der Waals surface area contributed by atoms with Crippen LogP contribution in [-0.2, 0) is 33.2 Å². The highest BCUT2D eigenvalue weighted by molar-refractivity contribution is 5.76. The van der Waals surface area contributed by atoms with Gasteiger partial charge >= 0.3 is 0 Å². The minimum absolute atomic E-state index is 0.246. The minimum atomic E-state index is -1.97. The van der Waals surface area contributed by atoms with Crippen molar-refractivity contribution in [1.29, 1.82) is 0 Å². The Morgan fingerprint density at radius 1 is 0.456 bits per heavy atom. The summed E-state index contributed by atoms with van der Waals surface area (Å²) in [6.07, 6.45) is 18.9. The van der Waals surface area contributed by atoms with Gasteiger partial charge in [0.15, 0.2) is 18.9 Å². The summed E-state index contributed by atoms with van der Waals surface area (Å²) >= 11 is 0. The summed E-state index contributed by atoms with van der Waals surface area (Å²) < 4.78 is 34.2. The van der Waals surface area contributed by atoms with Gasteiger partial charge in [-0.15, -0.1) is 0 Å². The summed E-state index contributed by atoms with van der Waals surface area (Å²) in [7, 11) is 0. The first-order valence-corrected chi connectivity index (χ1v) is 31.1. The van der Waals surface area contributed by atoms with Gasteiger partial charge in [-0.1, -0.05) is 192 Å². The summed E-state index contributed by atoms with van der Waals surface area (Å²) in [5.41, 5.74) is 0. The lowest BCUT2D eigenvalue weighted by atomic mass is 9.96. The summed E-state index contributed by atoms with van der Waals surface area (Å²) in [6, 6.07) is -0.882. The molecule has 0 saturated carbocycles. The smallest absolute Gasteiger partial charge is 0.220 e. The Balaban J connectivity index is 1.37. The first-order chi connectivity index (χ1) is 38.3. The third kappa shape index (κ3) is 27.7. The molecule has 3 rings (SSSR count). The van der Waals surface area contributed by atoms with Crippen LogP contribution in [-0.4, -0.2) is 193 Å². The number of rotatable bonds is 46. The lowest BCUT2D eigenvalue weighted by Gasteiger charge is -2.48. The maximum absolute atomic E-state index is 13.3. The highest BCUT2D eigenvalue weighted by atomic mass is 16.8. The Morgan fingerprint density at radius 2 is 0.835 bits per heavy atom. The van der Waals surface area contributed by atoms with Crippen LogP contribution in [0, 0.1) is 0 Å². The first kappa shape index (κ1) is 71.5. The van der Waals surface area contributed by atoms with Crippen molar-refractivity contribution in [2.75, 3.05) is 26.4 Å². The molecule has 0 aliphatic carbocycles. The number of allylic oxidation sites excluding steroid dienone is 4. The second-order valence-electron chi connectivity index (χ2n) is 22.5. The average molecular weight is 1130 g/mol. The quantitative estimate of drug-likeness (QED) is 0.0248. The molecule has 19 nitrogen and oxygen atoms in total. The van der Waals surface area contributed by atoms with Crippen molar-refractivity contribution >= 4 is 5.91 Å². The number of carbonyl (C=O) groups excluding carboxylic acids is 1. The van der Waals surface area contributed by atoms with Gasteiger partial charge in [0.25, 0.3) is 0 Å². The fraction of sp³-hybridized carbons (Fsp3) is 0.917. The molecule has 3 saturated heterocycles. The van der Waals surface area contributed by atoms with Crippen LogP contribution < -0.4 is 5.32 Å². The van der Waals surface area contributed by atoms with Gasteiger partial charge in [-0.05, 0) is 44.9 Å². The number of hydrogen-bond acceptors (Lipinski definition) is 18. The lowest BCUT2D eigenvalue weighted by molar-refractivity contribution is -0.379. The molecule has 79 heavy (non-hydrogen) atoms. The predicted octanol–water partition coefficient (Wildman–Crippen LogP) is 5.93. The molecule has 0 aromatic carbocycles. The molecule has 3 fully saturated rings. The number of amides is 1. The first-order valence-electron chi connectivity index (χ1n) is 31.1. The molecule has 1 amide bonds. The second-order valence-corrected chi connectivity index (χ2v) is 22.5. The molecule has 0 aromatic heterocycles. The Bertz CT molecular complexity index is 1540. The summed E-state index contributed by atoms with van der Waals surface area (Å²) in [5.74, 6) is -0.246. The molecule has 12 N–H and O–H groups in total. The van der Waals surface area contributed by atoms with Gasteiger partial charge in [0.1, 0.15) is 73.2 Å². The van der Waals surface area contributed by atoms with E-state index in [0.29, 0.717) is 12.8 Å². The van der Waals surface area contributed by atoms with Crippen molar-refractivity contribution in [3.05, 3.63) is 24.3 Å². The Morgan fingerprint density at radius 3 is 1.29 bits per heavy atom. The molecule has 0 radical (unpaired) electrons. The number of hydrogen-bond donors (Lipinski definition) is 12. The molecule has 3 heterocycles. The number of aliphatic hydroxyl groups is 11. The molecular formula is C60H111NO18. The van der Waals surface area contributed by atoms with E-state index in [-0.39, 0.29) is 18.9 Å². The van der Waals surface area contributed by atoms with Gasteiger partial charge in [-0.3, -0.25) is 4.79 Å². The maximum atomic E-state index is 13.3. The van der Waals surface area contributed by atoms with E-state index in [4.69, 9.17) is 28.4 Å². The topological polar surface area (TPSA) is 307 Å². The van der Waals surface area contributed by atoms with E-state index in [0.717, 1.165) is 64.2 Å². The monoisotopic (exact) mass is 1130 g/mol. The number of aliphatic hydroxyl groups excluding tert-OH is 11. The van der Waals surface area contributed by atoms with Crippen LogP contribution in [0.25, 0.3) is 0 Å². The Labute approximate surface area is 473 Å². The molecule has 0 bridgehead atoms. The van der Waals surface area contributed by atoms with Crippen molar-refractivity contribution in [2.45, 2.75) is 324 Å². The van der Waals surface area contributed by atoms with Crippen LogP contribution >= 0.6 is 0 Å². The zero-order chi connectivity index (χ0) is 57.6. The van der Waals surface area contributed by atoms with Gasteiger partial charge in [0, 0.05) is 6.42 Å². The molecule has 19 heteroatoms. The summed E-state index contributed by atoms with van der Waals surface area (Å²) in [4.78, 5) is 13.3. The van der Waals surface area contributed by atoms with E-state index >= 15 is 0 Å². The summed E-state index contributed by atoms with van der Waals surface area (Å²) in [5, 5.41) is 120. The SMILES string of the molecule is CCCCCCC/C=C\C/C=C\CCCCCCCCCCCCCCCCCC(=O)NC(COC1OC(CO)C(OC2OC(CO)C(OC3OC(CO)C(O)C(O)C3O)C(O)C2O)C(O)C1O)C(O)CCCCCCCCC. The van der Waals surface area contributed by atoms with E-state index in [9.17, 15) is 61.0 Å². The molecule has 17 atom stereocenters. The van der Waals surface area contributed by atoms with E-state index < -0.39 is 124 Å². The number of carbonyl (C=O) groups is 1. The van der Waals surface area contributed by atoms with Crippen LogP contribution in [0.2, 0.25) is 0 Å². The zero-order valence-corrected chi connectivity index (χ0v) is 48.4. The fourth-order valence-corrected chi connectivity index (χ4v) is 10.6. The van der Waals surface area contributed by atoms with Gasteiger partial charge in [-0.25, -0.2) is 0 Å². The van der Waals surface area contributed by atoms with Crippen LogP contribution in [0.3, 0.4) is 0 Å². The Kier molecular flexibility index (Phi) is 39.7. The normalized spacial score (nSPS) is 30.4. The second kappa shape index (κ2) is 43.8. The maximum Gasteiger partial charge on any atom is 0.220 e. The van der Waals surface area contributed by atoms with Crippen molar-refractivity contribution < 1.29 is 89.4 Å². The Hall–Kier alpha value is -1.73. The summed E-state index contributed by atoms with van der Waals surface area (Å²) in [6.45, 7) is 1.72. The van der Waals surface area contributed by atoms with Crippen LogP contribution in [0.5, 0.6) is 0 Å². The highest BCUT2D eigenvalue weighted by Gasteiger charge is 2.53. The van der Waals surface area contributed by atoms with E-state index in [1.54, 1.807) is 0 Å². The third-order valence-corrected chi connectivity index (χ3v) is 15.8. The molecule has 17 unspecified atom stereocenters. The molecule has 3 aliphatic heterocycles. The number of ether oxygens (including phenoxy) is 6. The van der Waals surface area contributed by atoms with Gasteiger partial charge in [-0.2, -0.15) is 0 Å². The number of unbranched alkanes of at least 4 members (excludes halogenated alkanes) is 26. The molecule has 0 spiro atoms. The molecule has 0 aromatic rings. The van der Waals surface area contributed by atoms with Crippen molar-refractivity contribution in [3.8, 4) is 0 Å². The van der Waals surface area contributed by atoms with Crippen molar-refractivity contribution in [1.82, 2.24) is 5.32 Å². The minimum Gasteiger partial charge on any atom is -0.394 e. The highest BCUT2D eigenvalue weighted by Crippen LogP contribution is 2.33. The third-order valence-electron chi connectivity index (χ3n) is 15.8. The molecule has 3 aliphatic rings. The van der Waals surface area contributed by atoms with E-state index in [1.807, 2.05) is 0 Å². The molecule has 464 valence electrons. The number of nitrogens with one attached hydrogen (secondary N) is 1. The average Bonchev–Trinajstić information content (AvgIpc) is 3.47. The van der Waals surface area contributed by atoms with E-state index in [2.05, 4.69) is 43.5 Å². The lowest BCUT2D eigenvalue weighted by Crippen LogP contribution is -2.66. The largest absolute Gasteiger partial charge is 0.394 e. The fourth-order valence-electron chi connectivity index (χ4n) is 10.6. The van der Waals surface area contributed by atoms with Gasteiger partial charge < -0.3 is 89.9 Å². The van der Waals surface area contributed by atoms with Crippen LogP contribution in [0.1, 0.15) is 219 Å². The van der Waals surface area contributed by atoms with Crippen LogP contribution in [0.4, 0.5) is 0 Å². The molecular weight excluding hydrogens is 1020 g/mol. The standard InChI is InChI=1S/C60H111NO18/c1-3-5-7-9-11-12-13-14-15-16-17-18-19-20-21-22-23-24-25-26-27-28-29-30-32-34-36-38-48(66)61-43(44(65)37-35-33-31-10-8-6-4-2)42-74-58-54(72)51(69)56(46(40-63)76-58)79-60-55(73)52(70)57(47(41-64)77-60)78-59-53(71)50(68)49(67)45(39-62)75-59/h13-14,16-17,43-47,49-60,62-65,67-73H,3-12,15,18-42H2,1-2H3,(H,61,66)/b14-13-,17-16-.